The minimum atomic E-state index is 0.0236. The van der Waals surface area contributed by atoms with Crippen molar-refractivity contribution >= 4 is 17.3 Å². The number of aromatic nitrogens is 2. The van der Waals surface area contributed by atoms with Crippen molar-refractivity contribution in [3.63, 3.8) is 0 Å². The molecule has 0 aliphatic carbocycles. The Morgan fingerprint density at radius 1 is 1.28 bits per heavy atom. The standard InChI is InChI=1S/C13H18N4S/c1-13(2,14-3)9-17-12-15-7-10(8-16-12)11-5-4-6-18-11/h4-8,14H,9H2,1-3H3,(H,15,16,17). The molecule has 0 fully saturated rings. The van der Waals surface area contributed by atoms with Gasteiger partial charge in [-0.05, 0) is 32.3 Å². The molecule has 0 radical (unpaired) electrons. The van der Waals surface area contributed by atoms with Crippen LogP contribution in [0.4, 0.5) is 5.95 Å². The maximum atomic E-state index is 4.33. The van der Waals surface area contributed by atoms with E-state index in [1.165, 1.54) is 4.88 Å². The quantitative estimate of drug-likeness (QED) is 0.869. The van der Waals surface area contributed by atoms with Crippen LogP contribution in [0.1, 0.15) is 13.8 Å². The summed E-state index contributed by atoms with van der Waals surface area (Å²) in [4.78, 5) is 9.85. The van der Waals surface area contributed by atoms with Crippen molar-refractivity contribution < 1.29 is 0 Å². The first-order valence-electron chi connectivity index (χ1n) is 5.89. The molecule has 4 nitrogen and oxygen atoms in total. The van der Waals surface area contributed by atoms with Crippen molar-refractivity contribution in [2.75, 3.05) is 18.9 Å². The maximum absolute atomic E-state index is 4.33. The molecule has 0 saturated heterocycles. The summed E-state index contributed by atoms with van der Waals surface area (Å²) in [6.07, 6.45) is 3.71. The molecule has 2 N–H and O–H groups in total. The van der Waals surface area contributed by atoms with Gasteiger partial charge >= 0.3 is 0 Å². The summed E-state index contributed by atoms with van der Waals surface area (Å²) in [5.74, 6) is 0.665. The van der Waals surface area contributed by atoms with Gasteiger partial charge in [-0.15, -0.1) is 11.3 Å². The van der Waals surface area contributed by atoms with Crippen LogP contribution in [0.3, 0.4) is 0 Å². The second-order valence-corrected chi connectivity index (χ2v) is 5.71. The van der Waals surface area contributed by atoms with Crippen LogP contribution in [0.15, 0.2) is 29.9 Å². The predicted molar refractivity (Wildman–Crippen MR) is 77.0 cm³/mol. The van der Waals surface area contributed by atoms with Crippen molar-refractivity contribution in [2.24, 2.45) is 0 Å². The third kappa shape index (κ3) is 3.27. The van der Waals surface area contributed by atoms with Gasteiger partial charge in [-0.3, -0.25) is 0 Å². The summed E-state index contributed by atoms with van der Waals surface area (Å²) in [6, 6.07) is 4.10. The zero-order valence-corrected chi connectivity index (χ0v) is 11.7. The molecular formula is C13H18N4S. The Kier molecular flexibility index (Phi) is 3.93. The fourth-order valence-corrected chi connectivity index (χ4v) is 2.08. The van der Waals surface area contributed by atoms with Gasteiger partial charge in [0.25, 0.3) is 0 Å². The van der Waals surface area contributed by atoms with E-state index in [-0.39, 0.29) is 5.54 Å². The zero-order chi connectivity index (χ0) is 13.0. The Balaban J connectivity index is 2.00. The molecule has 0 aliphatic heterocycles. The van der Waals surface area contributed by atoms with Gasteiger partial charge in [0, 0.05) is 34.9 Å². The Labute approximate surface area is 111 Å². The molecule has 0 spiro atoms. The Morgan fingerprint density at radius 2 is 2.00 bits per heavy atom. The lowest BCUT2D eigenvalue weighted by Gasteiger charge is -2.24. The minimum absolute atomic E-state index is 0.0236. The van der Waals surface area contributed by atoms with Crippen LogP contribution in [-0.4, -0.2) is 29.1 Å². The number of nitrogens with zero attached hydrogens (tertiary/aromatic N) is 2. The number of nitrogens with one attached hydrogen (secondary N) is 2. The molecule has 2 rings (SSSR count). The van der Waals surface area contributed by atoms with Crippen LogP contribution in [0, 0.1) is 0 Å². The second kappa shape index (κ2) is 5.46. The van der Waals surface area contributed by atoms with Crippen LogP contribution < -0.4 is 10.6 Å². The van der Waals surface area contributed by atoms with E-state index in [9.17, 15) is 0 Å². The topological polar surface area (TPSA) is 49.8 Å². The molecule has 2 heterocycles. The number of hydrogen-bond acceptors (Lipinski definition) is 5. The van der Waals surface area contributed by atoms with E-state index in [2.05, 4.69) is 45.9 Å². The highest BCUT2D eigenvalue weighted by Crippen LogP contribution is 2.23. The SMILES string of the molecule is CNC(C)(C)CNc1ncc(-c2cccs2)cn1. The molecule has 18 heavy (non-hydrogen) atoms. The number of anilines is 1. The van der Waals surface area contributed by atoms with Crippen LogP contribution in [0.25, 0.3) is 10.4 Å². The highest BCUT2D eigenvalue weighted by Gasteiger charge is 2.14. The van der Waals surface area contributed by atoms with Gasteiger partial charge in [-0.25, -0.2) is 9.97 Å². The van der Waals surface area contributed by atoms with E-state index in [0.29, 0.717) is 5.95 Å². The largest absolute Gasteiger partial charge is 0.352 e. The molecule has 0 bridgehead atoms. The Hall–Kier alpha value is -1.46. The third-order valence-electron chi connectivity index (χ3n) is 2.82. The first-order chi connectivity index (χ1) is 8.61. The molecule has 0 aliphatic rings. The second-order valence-electron chi connectivity index (χ2n) is 4.76. The van der Waals surface area contributed by atoms with Gasteiger partial charge in [0.2, 0.25) is 5.95 Å². The molecule has 0 aromatic carbocycles. The molecule has 0 saturated carbocycles. The average molecular weight is 262 g/mol. The molecule has 2 aromatic heterocycles. The Morgan fingerprint density at radius 3 is 2.56 bits per heavy atom. The minimum Gasteiger partial charge on any atom is -0.352 e. The van der Waals surface area contributed by atoms with E-state index in [1.807, 2.05) is 25.5 Å². The van der Waals surface area contributed by atoms with Crippen molar-refractivity contribution in [1.82, 2.24) is 15.3 Å². The van der Waals surface area contributed by atoms with Gasteiger partial charge in [0.1, 0.15) is 0 Å². The summed E-state index contributed by atoms with van der Waals surface area (Å²) >= 11 is 1.69. The highest BCUT2D eigenvalue weighted by atomic mass is 32.1. The number of thiophene rings is 1. The van der Waals surface area contributed by atoms with Crippen LogP contribution >= 0.6 is 11.3 Å². The van der Waals surface area contributed by atoms with E-state index in [0.717, 1.165) is 12.1 Å². The molecule has 0 unspecified atom stereocenters. The van der Waals surface area contributed by atoms with E-state index in [4.69, 9.17) is 0 Å². The lowest BCUT2D eigenvalue weighted by Crippen LogP contribution is -2.43. The highest BCUT2D eigenvalue weighted by molar-refractivity contribution is 7.13. The number of likely N-dealkylation sites (N-methyl/N-ethyl adjacent to an activating group) is 1. The molecule has 0 atom stereocenters. The molecule has 2 aromatic rings. The predicted octanol–water partition coefficient (Wildman–Crippen LogP) is 2.62. The van der Waals surface area contributed by atoms with E-state index >= 15 is 0 Å². The summed E-state index contributed by atoms with van der Waals surface area (Å²) in [7, 11) is 1.95. The van der Waals surface area contributed by atoms with Crippen molar-refractivity contribution in [1.29, 1.82) is 0 Å². The van der Waals surface area contributed by atoms with Crippen LogP contribution in [-0.2, 0) is 0 Å². The summed E-state index contributed by atoms with van der Waals surface area (Å²) in [5, 5.41) is 8.51. The monoisotopic (exact) mass is 262 g/mol. The smallest absolute Gasteiger partial charge is 0.222 e. The lowest BCUT2D eigenvalue weighted by atomic mass is 10.1. The number of hydrogen-bond donors (Lipinski definition) is 2. The van der Waals surface area contributed by atoms with Crippen LogP contribution in [0.2, 0.25) is 0 Å². The average Bonchev–Trinajstić information content (AvgIpc) is 2.91. The fourth-order valence-electron chi connectivity index (χ4n) is 1.38. The normalized spacial score (nSPS) is 11.5. The fraction of sp³-hybridized carbons (Fsp3) is 0.385. The van der Waals surface area contributed by atoms with Gasteiger partial charge in [0.15, 0.2) is 0 Å². The summed E-state index contributed by atoms with van der Waals surface area (Å²) < 4.78 is 0. The van der Waals surface area contributed by atoms with Crippen molar-refractivity contribution in [3.05, 3.63) is 29.9 Å². The lowest BCUT2D eigenvalue weighted by molar-refractivity contribution is 0.447. The molecule has 0 amide bonds. The molecular weight excluding hydrogens is 244 g/mol. The third-order valence-corrected chi connectivity index (χ3v) is 3.74. The summed E-state index contributed by atoms with van der Waals surface area (Å²) in [5.41, 5.74) is 1.08. The Bertz CT molecular complexity index is 476. The first-order valence-corrected chi connectivity index (χ1v) is 6.77. The maximum Gasteiger partial charge on any atom is 0.222 e. The van der Waals surface area contributed by atoms with Crippen molar-refractivity contribution in [2.45, 2.75) is 19.4 Å². The van der Waals surface area contributed by atoms with Crippen molar-refractivity contribution in [3.8, 4) is 10.4 Å². The van der Waals surface area contributed by atoms with Gasteiger partial charge < -0.3 is 10.6 Å². The molecule has 96 valence electrons. The van der Waals surface area contributed by atoms with E-state index < -0.39 is 0 Å². The number of rotatable bonds is 5. The zero-order valence-electron chi connectivity index (χ0n) is 10.9. The van der Waals surface area contributed by atoms with Gasteiger partial charge in [-0.1, -0.05) is 6.07 Å². The van der Waals surface area contributed by atoms with E-state index in [1.54, 1.807) is 11.3 Å². The van der Waals surface area contributed by atoms with Gasteiger partial charge in [0.05, 0.1) is 0 Å². The summed E-state index contributed by atoms with van der Waals surface area (Å²) in [6.45, 7) is 5.03. The van der Waals surface area contributed by atoms with Gasteiger partial charge in [-0.2, -0.15) is 0 Å². The van der Waals surface area contributed by atoms with Crippen LogP contribution in [0.5, 0.6) is 0 Å². The molecule has 5 heteroatoms. The first kappa shape index (κ1) is 13.0.